The predicted molar refractivity (Wildman–Crippen MR) is 104 cm³/mol. The van der Waals surface area contributed by atoms with Crippen LogP contribution in [0.2, 0.25) is 0 Å². The zero-order chi connectivity index (χ0) is 21.3. The molecule has 11 heteroatoms. The van der Waals surface area contributed by atoms with Crippen molar-refractivity contribution in [2.24, 2.45) is 5.92 Å². The van der Waals surface area contributed by atoms with E-state index in [0.717, 1.165) is 22.7 Å². The molecule has 0 amide bonds. The van der Waals surface area contributed by atoms with Gasteiger partial charge in [-0.3, -0.25) is 4.98 Å². The normalized spacial score (nSPS) is 18.3. The zero-order valence-electron chi connectivity index (χ0n) is 16.3. The van der Waals surface area contributed by atoms with Gasteiger partial charge in [0, 0.05) is 29.8 Å². The molecule has 30 heavy (non-hydrogen) atoms. The standard InChI is InChI=1S/C19H19F3N6OS/c1-10-3-4-14(23-7-10)13-5-12(13)9-29-16-6-15(25-18(26-16)19(20,21)22)24-8-17-28-27-11(2)30-17/h3-4,6-7,12-13H,5,8-9H2,1-2H3,(H,24,25,26). The first-order valence-electron chi connectivity index (χ1n) is 9.32. The smallest absolute Gasteiger partial charge is 0.451 e. The Morgan fingerprint density at radius 3 is 2.70 bits per heavy atom. The molecular weight excluding hydrogens is 417 g/mol. The van der Waals surface area contributed by atoms with Crippen molar-refractivity contribution in [3.8, 4) is 5.88 Å². The number of pyridine rings is 1. The summed E-state index contributed by atoms with van der Waals surface area (Å²) in [5.41, 5.74) is 2.05. The number of ether oxygens (including phenoxy) is 1. The fourth-order valence-electron chi connectivity index (χ4n) is 2.98. The molecule has 1 aliphatic rings. The van der Waals surface area contributed by atoms with Crippen LogP contribution < -0.4 is 10.1 Å². The molecule has 3 heterocycles. The molecule has 0 aliphatic heterocycles. The Hall–Kier alpha value is -2.82. The molecular formula is C19H19F3N6OS. The van der Waals surface area contributed by atoms with E-state index in [9.17, 15) is 13.2 Å². The first kappa shape index (κ1) is 20.5. The summed E-state index contributed by atoms with van der Waals surface area (Å²) in [5, 5.41) is 12.1. The Bertz CT molecular complexity index is 1020. The van der Waals surface area contributed by atoms with Gasteiger partial charge in [-0.1, -0.05) is 17.4 Å². The zero-order valence-corrected chi connectivity index (χ0v) is 17.1. The molecule has 0 saturated heterocycles. The Kier molecular flexibility index (Phi) is 5.54. The second-order valence-corrected chi connectivity index (χ2v) is 8.42. The van der Waals surface area contributed by atoms with Crippen LogP contribution in [0.25, 0.3) is 0 Å². The number of nitrogens with zero attached hydrogens (tertiary/aromatic N) is 5. The molecule has 158 valence electrons. The number of hydrogen-bond donors (Lipinski definition) is 1. The molecule has 0 aromatic carbocycles. The fraction of sp³-hybridized carbons (Fsp3) is 0.421. The molecule has 2 atom stereocenters. The van der Waals surface area contributed by atoms with E-state index in [1.165, 1.54) is 17.4 Å². The summed E-state index contributed by atoms with van der Waals surface area (Å²) in [5.74, 6) is -0.884. The number of aromatic nitrogens is 5. The maximum atomic E-state index is 13.2. The molecule has 2 unspecified atom stereocenters. The molecule has 1 aliphatic carbocycles. The van der Waals surface area contributed by atoms with Gasteiger partial charge < -0.3 is 10.1 Å². The minimum atomic E-state index is -4.68. The van der Waals surface area contributed by atoms with Crippen molar-refractivity contribution in [2.45, 2.75) is 38.9 Å². The van der Waals surface area contributed by atoms with Crippen LogP contribution in [0.1, 0.15) is 39.4 Å². The lowest BCUT2D eigenvalue weighted by Gasteiger charge is -2.12. The Labute approximate surface area is 174 Å². The quantitative estimate of drug-likeness (QED) is 0.595. The van der Waals surface area contributed by atoms with Gasteiger partial charge in [-0.05, 0) is 31.9 Å². The van der Waals surface area contributed by atoms with E-state index in [1.54, 1.807) is 6.92 Å². The number of rotatable bonds is 7. The molecule has 0 bridgehead atoms. The van der Waals surface area contributed by atoms with Gasteiger partial charge in [-0.25, -0.2) is 4.98 Å². The molecule has 1 saturated carbocycles. The van der Waals surface area contributed by atoms with Crippen LogP contribution in [-0.2, 0) is 12.7 Å². The SMILES string of the molecule is Cc1ccc(C2CC2COc2cc(NCc3nnc(C)s3)nc(C(F)(F)F)n2)nc1. The van der Waals surface area contributed by atoms with Crippen LogP contribution in [0.5, 0.6) is 5.88 Å². The lowest BCUT2D eigenvalue weighted by molar-refractivity contribution is -0.145. The number of hydrogen-bond acceptors (Lipinski definition) is 8. The topological polar surface area (TPSA) is 85.7 Å². The van der Waals surface area contributed by atoms with Crippen molar-refractivity contribution >= 4 is 17.2 Å². The van der Waals surface area contributed by atoms with E-state index in [0.29, 0.717) is 5.01 Å². The van der Waals surface area contributed by atoms with Gasteiger partial charge in [0.25, 0.3) is 0 Å². The van der Waals surface area contributed by atoms with E-state index >= 15 is 0 Å². The summed E-state index contributed by atoms with van der Waals surface area (Å²) in [6.45, 7) is 4.25. The molecule has 1 N–H and O–H groups in total. The van der Waals surface area contributed by atoms with Gasteiger partial charge in [-0.2, -0.15) is 18.2 Å². The minimum Gasteiger partial charge on any atom is -0.477 e. The highest BCUT2D eigenvalue weighted by Gasteiger charge is 2.40. The lowest BCUT2D eigenvalue weighted by atomic mass is 10.2. The third-order valence-corrected chi connectivity index (χ3v) is 5.47. The van der Waals surface area contributed by atoms with Gasteiger partial charge in [0.1, 0.15) is 15.8 Å². The van der Waals surface area contributed by atoms with Crippen molar-refractivity contribution in [3.63, 3.8) is 0 Å². The van der Waals surface area contributed by atoms with Crippen molar-refractivity contribution in [1.29, 1.82) is 0 Å². The van der Waals surface area contributed by atoms with Crippen molar-refractivity contribution in [2.75, 3.05) is 11.9 Å². The number of anilines is 1. The molecule has 0 radical (unpaired) electrons. The molecule has 4 rings (SSSR count). The van der Waals surface area contributed by atoms with Gasteiger partial charge in [0.15, 0.2) is 0 Å². The van der Waals surface area contributed by atoms with E-state index in [-0.39, 0.29) is 36.7 Å². The number of halogens is 3. The van der Waals surface area contributed by atoms with Crippen LogP contribution in [0.4, 0.5) is 19.0 Å². The first-order valence-corrected chi connectivity index (χ1v) is 10.1. The summed E-state index contributed by atoms with van der Waals surface area (Å²) < 4.78 is 45.2. The third-order valence-electron chi connectivity index (χ3n) is 4.63. The fourth-order valence-corrected chi connectivity index (χ4v) is 3.63. The summed E-state index contributed by atoms with van der Waals surface area (Å²) >= 11 is 1.35. The van der Waals surface area contributed by atoms with Crippen LogP contribution in [0, 0.1) is 19.8 Å². The summed E-state index contributed by atoms with van der Waals surface area (Å²) in [7, 11) is 0. The number of alkyl halides is 3. The van der Waals surface area contributed by atoms with E-state index in [2.05, 4.69) is 30.5 Å². The number of aryl methyl sites for hydroxylation is 2. The monoisotopic (exact) mass is 436 g/mol. The van der Waals surface area contributed by atoms with Gasteiger partial charge >= 0.3 is 6.18 Å². The highest BCUT2D eigenvalue weighted by atomic mass is 32.1. The van der Waals surface area contributed by atoms with Crippen LogP contribution in [-0.4, -0.2) is 31.8 Å². The molecule has 3 aromatic heterocycles. The summed E-state index contributed by atoms with van der Waals surface area (Å²) in [4.78, 5) is 11.5. The Morgan fingerprint density at radius 1 is 1.20 bits per heavy atom. The Balaban J connectivity index is 1.42. The first-order chi connectivity index (χ1) is 14.3. The second-order valence-electron chi connectivity index (χ2n) is 7.15. The number of nitrogens with one attached hydrogen (secondary N) is 1. The minimum absolute atomic E-state index is 0.0210. The predicted octanol–water partition coefficient (Wildman–Crippen LogP) is 4.15. The maximum Gasteiger partial charge on any atom is 0.451 e. The second kappa shape index (κ2) is 8.13. The maximum absolute atomic E-state index is 13.2. The summed E-state index contributed by atoms with van der Waals surface area (Å²) in [6, 6.07) is 5.34. The summed E-state index contributed by atoms with van der Waals surface area (Å²) in [6.07, 6.45) is -1.99. The highest BCUT2D eigenvalue weighted by molar-refractivity contribution is 7.11. The van der Waals surface area contributed by atoms with Crippen molar-refractivity contribution in [3.05, 3.63) is 51.5 Å². The van der Waals surface area contributed by atoms with Gasteiger partial charge in [0.2, 0.25) is 11.7 Å². The third kappa shape index (κ3) is 5.02. The highest BCUT2D eigenvalue weighted by Crippen LogP contribution is 2.46. The van der Waals surface area contributed by atoms with Crippen LogP contribution in [0.15, 0.2) is 24.4 Å². The largest absolute Gasteiger partial charge is 0.477 e. The van der Waals surface area contributed by atoms with Crippen molar-refractivity contribution in [1.82, 2.24) is 25.1 Å². The van der Waals surface area contributed by atoms with E-state index in [1.807, 2.05) is 25.3 Å². The molecule has 0 spiro atoms. The average Bonchev–Trinajstić information content (AvgIpc) is 3.36. The van der Waals surface area contributed by atoms with E-state index in [4.69, 9.17) is 4.74 Å². The Morgan fingerprint density at radius 2 is 2.03 bits per heavy atom. The average molecular weight is 436 g/mol. The van der Waals surface area contributed by atoms with Crippen molar-refractivity contribution < 1.29 is 17.9 Å². The van der Waals surface area contributed by atoms with Gasteiger partial charge in [-0.15, -0.1) is 10.2 Å². The van der Waals surface area contributed by atoms with E-state index < -0.39 is 12.0 Å². The lowest BCUT2D eigenvalue weighted by Crippen LogP contribution is -2.15. The van der Waals surface area contributed by atoms with Gasteiger partial charge in [0.05, 0.1) is 13.2 Å². The van der Waals surface area contributed by atoms with Crippen LogP contribution >= 0.6 is 11.3 Å². The molecule has 3 aromatic rings. The molecule has 1 fully saturated rings. The van der Waals surface area contributed by atoms with Crippen LogP contribution in [0.3, 0.4) is 0 Å². The molecule has 7 nitrogen and oxygen atoms in total.